The number of rotatable bonds is 1. The number of anilines is 1. The van der Waals surface area contributed by atoms with E-state index in [1.807, 2.05) is 13.0 Å². The van der Waals surface area contributed by atoms with Crippen LogP contribution in [0.1, 0.15) is 6.92 Å². The Balaban J connectivity index is 0.00000112. The van der Waals surface area contributed by atoms with Gasteiger partial charge in [0.15, 0.2) is 5.82 Å². The van der Waals surface area contributed by atoms with Gasteiger partial charge in [-0.1, -0.05) is 0 Å². The number of nitrogens with two attached hydrogens (primary N) is 1. The van der Waals surface area contributed by atoms with Gasteiger partial charge in [-0.25, -0.2) is 0 Å². The van der Waals surface area contributed by atoms with E-state index in [0.29, 0.717) is 17.7 Å². The molecule has 0 aliphatic carbocycles. The van der Waals surface area contributed by atoms with E-state index in [0.717, 1.165) is 5.52 Å². The number of hydrogen-bond donors (Lipinski definition) is 1. The van der Waals surface area contributed by atoms with Gasteiger partial charge in [-0.3, -0.25) is 9.48 Å². The molecule has 0 aliphatic rings. The van der Waals surface area contributed by atoms with Crippen LogP contribution in [0.25, 0.3) is 10.9 Å². The molecular weight excluding hydrogens is 216 g/mol. The quantitative estimate of drug-likeness (QED) is 0.784. The maximum atomic E-state index is 11.8. The summed E-state index contributed by atoms with van der Waals surface area (Å²) in [6.07, 6.45) is 1.76. The zero-order chi connectivity index (χ0) is 10.3. The number of pyridine rings is 1. The summed E-state index contributed by atoms with van der Waals surface area (Å²) in [6.45, 7) is 2.56. The molecule has 2 N–H and O–H groups in total. The summed E-state index contributed by atoms with van der Waals surface area (Å²) in [7, 11) is 1.77. The lowest BCUT2D eigenvalue weighted by Crippen LogP contribution is -2.18. The van der Waals surface area contributed by atoms with Crippen molar-refractivity contribution in [2.24, 2.45) is 7.05 Å². The SMILES string of the molecule is CCn1ccc2c(c(N)nn2C)c1=O.Cl. The van der Waals surface area contributed by atoms with Gasteiger partial charge in [0.05, 0.1) is 5.52 Å². The lowest BCUT2D eigenvalue weighted by atomic mass is 10.3. The smallest absolute Gasteiger partial charge is 0.263 e. The number of aromatic nitrogens is 3. The molecule has 0 saturated carbocycles. The summed E-state index contributed by atoms with van der Waals surface area (Å²) >= 11 is 0. The van der Waals surface area contributed by atoms with E-state index in [4.69, 9.17) is 5.73 Å². The molecular formula is C9H13ClN4O. The Bertz CT molecular complexity index is 543. The molecule has 0 aromatic carbocycles. The van der Waals surface area contributed by atoms with Crippen LogP contribution in [0, 0.1) is 0 Å². The van der Waals surface area contributed by atoms with E-state index in [1.165, 1.54) is 0 Å². The van der Waals surface area contributed by atoms with Crippen molar-refractivity contribution in [2.45, 2.75) is 13.5 Å². The molecule has 2 aromatic rings. The summed E-state index contributed by atoms with van der Waals surface area (Å²) < 4.78 is 3.23. The lowest BCUT2D eigenvalue weighted by Gasteiger charge is -2.00. The topological polar surface area (TPSA) is 65.8 Å². The van der Waals surface area contributed by atoms with Crippen molar-refractivity contribution in [1.82, 2.24) is 14.3 Å². The number of halogens is 1. The van der Waals surface area contributed by atoms with E-state index >= 15 is 0 Å². The van der Waals surface area contributed by atoms with Crippen LogP contribution in [0.2, 0.25) is 0 Å². The van der Waals surface area contributed by atoms with Gasteiger partial charge in [-0.15, -0.1) is 12.4 Å². The van der Waals surface area contributed by atoms with Crippen LogP contribution >= 0.6 is 12.4 Å². The number of nitrogen functional groups attached to an aromatic ring is 1. The van der Waals surface area contributed by atoms with E-state index in [-0.39, 0.29) is 18.0 Å². The summed E-state index contributed by atoms with van der Waals surface area (Å²) in [5, 5.41) is 4.52. The Kier molecular flexibility index (Phi) is 3.04. The van der Waals surface area contributed by atoms with Crippen molar-refractivity contribution >= 4 is 29.1 Å². The zero-order valence-corrected chi connectivity index (χ0v) is 9.41. The fraction of sp³-hybridized carbons (Fsp3) is 0.333. The molecule has 2 rings (SSSR count). The molecule has 0 fully saturated rings. The Hall–Kier alpha value is -1.49. The van der Waals surface area contributed by atoms with Crippen molar-refractivity contribution < 1.29 is 0 Å². The highest BCUT2D eigenvalue weighted by Gasteiger charge is 2.10. The molecule has 0 unspecified atom stereocenters. The first-order valence-corrected chi connectivity index (χ1v) is 4.46. The van der Waals surface area contributed by atoms with Crippen LogP contribution in [-0.2, 0) is 13.6 Å². The normalized spacial score (nSPS) is 10.3. The van der Waals surface area contributed by atoms with Crippen molar-refractivity contribution in [3.8, 4) is 0 Å². The Labute approximate surface area is 92.9 Å². The van der Waals surface area contributed by atoms with Crippen LogP contribution in [0.5, 0.6) is 0 Å². The maximum absolute atomic E-state index is 11.8. The standard InChI is InChI=1S/C9H12N4O.ClH/c1-3-13-5-4-6-7(9(13)14)8(10)11-12(6)2;/h4-5H,3H2,1-2H3,(H2,10,11);1H. The number of hydrogen-bond acceptors (Lipinski definition) is 3. The molecule has 0 aliphatic heterocycles. The third-order valence-electron chi connectivity index (χ3n) is 2.35. The van der Waals surface area contributed by atoms with Gasteiger partial charge < -0.3 is 10.3 Å². The Morgan fingerprint density at radius 1 is 1.53 bits per heavy atom. The summed E-state index contributed by atoms with van der Waals surface area (Å²) in [5.41, 5.74) is 6.36. The van der Waals surface area contributed by atoms with Crippen LogP contribution in [0.15, 0.2) is 17.1 Å². The second-order valence-corrected chi connectivity index (χ2v) is 3.18. The second kappa shape index (κ2) is 3.94. The van der Waals surface area contributed by atoms with E-state index in [1.54, 1.807) is 22.5 Å². The van der Waals surface area contributed by atoms with Crippen LogP contribution in [0.3, 0.4) is 0 Å². The van der Waals surface area contributed by atoms with Crippen molar-refractivity contribution in [3.05, 3.63) is 22.6 Å². The summed E-state index contributed by atoms with van der Waals surface area (Å²) in [4.78, 5) is 11.8. The third kappa shape index (κ3) is 1.59. The summed E-state index contributed by atoms with van der Waals surface area (Å²) in [5.74, 6) is 0.301. The van der Waals surface area contributed by atoms with Crippen molar-refractivity contribution in [2.75, 3.05) is 5.73 Å². The lowest BCUT2D eigenvalue weighted by molar-refractivity contribution is 0.733. The molecule has 15 heavy (non-hydrogen) atoms. The fourth-order valence-corrected chi connectivity index (χ4v) is 1.59. The van der Waals surface area contributed by atoms with Gasteiger partial charge >= 0.3 is 0 Å². The van der Waals surface area contributed by atoms with Gasteiger partial charge in [0.25, 0.3) is 5.56 Å². The molecule has 2 aromatic heterocycles. The van der Waals surface area contributed by atoms with Crippen molar-refractivity contribution in [1.29, 1.82) is 0 Å². The molecule has 82 valence electrons. The molecule has 0 radical (unpaired) electrons. The van der Waals surface area contributed by atoms with E-state index < -0.39 is 0 Å². The van der Waals surface area contributed by atoms with Gasteiger partial charge in [-0.05, 0) is 13.0 Å². The molecule has 0 spiro atoms. The molecule has 0 bridgehead atoms. The Morgan fingerprint density at radius 3 is 2.80 bits per heavy atom. The number of aryl methyl sites for hydroxylation is 2. The van der Waals surface area contributed by atoms with Gasteiger partial charge in [0.2, 0.25) is 0 Å². The average Bonchev–Trinajstić information content (AvgIpc) is 2.44. The Morgan fingerprint density at radius 2 is 2.20 bits per heavy atom. The van der Waals surface area contributed by atoms with Gasteiger partial charge in [0, 0.05) is 19.8 Å². The number of fused-ring (bicyclic) bond motifs is 1. The maximum Gasteiger partial charge on any atom is 0.263 e. The molecule has 0 amide bonds. The minimum Gasteiger partial charge on any atom is -0.382 e. The minimum absolute atomic E-state index is 0. The fourth-order valence-electron chi connectivity index (χ4n) is 1.59. The van der Waals surface area contributed by atoms with Gasteiger partial charge in [-0.2, -0.15) is 5.10 Å². The molecule has 0 saturated heterocycles. The summed E-state index contributed by atoms with van der Waals surface area (Å²) in [6, 6.07) is 1.85. The van der Waals surface area contributed by atoms with Crippen LogP contribution in [-0.4, -0.2) is 14.3 Å². The minimum atomic E-state index is -0.0735. The molecule has 2 heterocycles. The largest absolute Gasteiger partial charge is 0.382 e. The zero-order valence-electron chi connectivity index (χ0n) is 8.60. The first-order valence-electron chi connectivity index (χ1n) is 4.46. The van der Waals surface area contributed by atoms with Crippen molar-refractivity contribution in [3.63, 3.8) is 0 Å². The van der Waals surface area contributed by atoms with Crippen LogP contribution in [0.4, 0.5) is 5.82 Å². The van der Waals surface area contributed by atoms with E-state index in [2.05, 4.69) is 5.10 Å². The highest BCUT2D eigenvalue weighted by atomic mass is 35.5. The average molecular weight is 229 g/mol. The monoisotopic (exact) mass is 228 g/mol. The first-order chi connectivity index (χ1) is 6.65. The third-order valence-corrected chi connectivity index (χ3v) is 2.35. The predicted molar refractivity (Wildman–Crippen MR) is 62.3 cm³/mol. The second-order valence-electron chi connectivity index (χ2n) is 3.18. The molecule has 5 nitrogen and oxygen atoms in total. The highest BCUT2D eigenvalue weighted by molar-refractivity contribution is 5.88. The first kappa shape index (κ1) is 11.6. The highest BCUT2D eigenvalue weighted by Crippen LogP contribution is 2.14. The molecule has 6 heteroatoms. The van der Waals surface area contributed by atoms with Gasteiger partial charge in [0.1, 0.15) is 5.39 Å². The predicted octanol–water partition coefficient (Wildman–Crippen LogP) is 0.759. The van der Waals surface area contributed by atoms with Crippen LogP contribution < -0.4 is 11.3 Å². The molecule has 0 atom stereocenters. The van der Waals surface area contributed by atoms with E-state index in [9.17, 15) is 4.79 Å². The number of nitrogens with zero attached hydrogens (tertiary/aromatic N) is 3.